The van der Waals surface area contributed by atoms with Crippen LogP contribution in [0.3, 0.4) is 0 Å². The predicted molar refractivity (Wildman–Crippen MR) is 122 cm³/mol. The fourth-order valence-corrected chi connectivity index (χ4v) is 4.06. The van der Waals surface area contributed by atoms with Gasteiger partial charge in [-0.2, -0.15) is 0 Å². The van der Waals surface area contributed by atoms with Crippen LogP contribution in [-0.2, 0) is 14.3 Å². The number of hydrogen-bond donors (Lipinski definition) is 1. The first-order valence-corrected chi connectivity index (χ1v) is 10.8. The Kier molecular flexibility index (Phi) is 6.41. The molecular weight excluding hydrogens is 424 g/mol. The summed E-state index contributed by atoms with van der Waals surface area (Å²) >= 11 is 0. The molecule has 33 heavy (non-hydrogen) atoms. The van der Waals surface area contributed by atoms with Gasteiger partial charge in [-0.05, 0) is 43.3 Å². The number of imide groups is 1. The monoisotopic (exact) mass is 450 g/mol. The maximum absolute atomic E-state index is 12.9. The van der Waals surface area contributed by atoms with E-state index >= 15 is 0 Å². The average molecular weight is 450 g/mol. The van der Waals surface area contributed by atoms with Gasteiger partial charge in [-0.25, -0.2) is 0 Å². The van der Waals surface area contributed by atoms with E-state index in [1.165, 1.54) is 18.9 Å². The Hall–Kier alpha value is -3.72. The number of likely N-dealkylation sites (N-methyl/N-ethyl adjacent to an activating group) is 1. The number of morpholine rings is 1. The number of anilines is 2. The summed E-state index contributed by atoms with van der Waals surface area (Å²) in [5.74, 6) is -1.88. The third kappa shape index (κ3) is 4.58. The van der Waals surface area contributed by atoms with E-state index in [1.807, 2.05) is 24.3 Å². The Morgan fingerprint density at radius 3 is 2.15 bits per heavy atom. The van der Waals surface area contributed by atoms with Crippen molar-refractivity contribution >= 4 is 35.0 Å². The Morgan fingerprint density at radius 1 is 1.00 bits per heavy atom. The Bertz CT molecular complexity index is 1040. The number of carbonyl (C=O) groups is 4. The van der Waals surface area contributed by atoms with Gasteiger partial charge in [0.15, 0.2) is 0 Å². The van der Waals surface area contributed by atoms with Crippen molar-refractivity contribution in [3.8, 4) is 0 Å². The summed E-state index contributed by atoms with van der Waals surface area (Å²) < 4.78 is 5.36. The van der Waals surface area contributed by atoms with Crippen LogP contribution < -0.4 is 10.2 Å². The summed E-state index contributed by atoms with van der Waals surface area (Å²) in [7, 11) is 1.47. The van der Waals surface area contributed by atoms with Crippen LogP contribution in [0.2, 0.25) is 0 Å². The van der Waals surface area contributed by atoms with Gasteiger partial charge in [-0.1, -0.05) is 12.1 Å². The van der Waals surface area contributed by atoms with Crippen LogP contribution in [-0.4, -0.2) is 79.4 Å². The summed E-state index contributed by atoms with van der Waals surface area (Å²) in [6.45, 7) is 4.31. The molecule has 1 atom stereocenters. The number of benzene rings is 2. The van der Waals surface area contributed by atoms with E-state index in [4.69, 9.17) is 4.74 Å². The largest absolute Gasteiger partial charge is 0.378 e. The highest BCUT2D eigenvalue weighted by Gasteiger charge is 2.41. The predicted octanol–water partition coefficient (Wildman–Crippen LogP) is 1.60. The second-order valence-electron chi connectivity index (χ2n) is 8.09. The molecule has 172 valence electrons. The van der Waals surface area contributed by atoms with Crippen LogP contribution in [0.15, 0.2) is 48.5 Å². The van der Waals surface area contributed by atoms with Gasteiger partial charge >= 0.3 is 0 Å². The van der Waals surface area contributed by atoms with Crippen LogP contribution in [0, 0.1) is 0 Å². The number of carbonyl (C=O) groups excluding carboxylic acids is 4. The lowest BCUT2D eigenvalue weighted by Gasteiger charge is -2.29. The van der Waals surface area contributed by atoms with Crippen molar-refractivity contribution in [3.05, 3.63) is 59.7 Å². The van der Waals surface area contributed by atoms with E-state index < -0.39 is 23.8 Å². The molecule has 0 radical (unpaired) electrons. The highest BCUT2D eigenvalue weighted by atomic mass is 16.5. The standard InChI is InChI=1S/C24H26N4O5/c1-16(28-23(31)19-5-3-4-6-20(19)24(28)32)22(30)26(2)15-21(29)25-17-7-9-18(10-8-17)27-11-13-33-14-12-27/h3-10,16H,11-15H2,1-2H3,(H,25,29). The molecule has 2 aliphatic heterocycles. The number of fused-ring (bicyclic) bond motifs is 1. The van der Waals surface area contributed by atoms with Crippen molar-refractivity contribution in [1.82, 2.24) is 9.80 Å². The minimum absolute atomic E-state index is 0.211. The topological polar surface area (TPSA) is 99.3 Å². The van der Waals surface area contributed by atoms with Crippen LogP contribution in [0.25, 0.3) is 0 Å². The molecule has 4 rings (SSSR count). The SMILES string of the molecule is CC(C(=O)N(C)CC(=O)Nc1ccc(N2CCOCC2)cc1)N1C(=O)c2ccccc2C1=O. The zero-order chi connectivity index (χ0) is 23.5. The molecule has 2 aromatic rings. The first-order valence-electron chi connectivity index (χ1n) is 10.8. The number of ether oxygens (including phenoxy) is 1. The van der Waals surface area contributed by atoms with Gasteiger partial charge in [-0.15, -0.1) is 0 Å². The zero-order valence-electron chi connectivity index (χ0n) is 18.6. The van der Waals surface area contributed by atoms with E-state index in [1.54, 1.807) is 24.3 Å². The van der Waals surface area contributed by atoms with E-state index in [2.05, 4.69) is 10.2 Å². The van der Waals surface area contributed by atoms with Gasteiger partial charge in [0, 0.05) is 31.5 Å². The molecule has 0 aromatic heterocycles. The Morgan fingerprint density at radius 2 is 1.58 bits per heavy atom. The summed E-state index contributed by atoms with van der Waals surface area (Å²) in [5.41, 5.74) is 2.23. The molecule has 1 fully saturated rings. The quantitative estimate of drug-likeness (QED) is 0.672. The lowest BCUT2D eigenvalue weighted by Crippen LogP contribution is -2.49. The number of nitrogens with zero attached hydrogens (tertiary/aromatic N) is 3. The molecule has 0 spiro atoms. The molecule has 1 saturated heterocycles. The van der Waals surface area contributed by atoms with E-state index in [9.17, 15) is 19.2 Å². The van der Waals surface area contributed by atoms with E-state index in [0.717, 1.165) is 23.7 Å². The minimum Gasteiger partial charge on any atom is -0.378 e. The summed E-state index contributed by atoms with van der Waals surface area (Å²) in [4.78, 5) is 55.0. The van der Waals surface area contributed by atoms with Crippen molar-refractivity contribution < 1.29 is 23.9 Å². The van der Waals surface area contributed by atoms with Crippen LogP contribution in [0.5, 0.6) is 0 Å². The normalized spacial score (nSPS) is 16.4. The van der Waals surface area contributed by atoms with Crippen molar-refractivity contribution in [2.75, 3.05) is 50.1 Å². The molecule has 0 bridgehead atoms. The molecule has 1 N–H and O–H groups in total. The molecule has 4 amide bonds. The number of hydrogen-bond acceptors (Lipinski definition) is 6. The van der Waals surface area contributed by atoms with Crippen LogP contribution in [0.4, 0.5) is 11.4 Å². The number of rotatable bonds is 6. The molecule has 2 aromatic carbocycles. The molecular formula is C24H26N4O5. The van der Waals surface area contributed by atoms with Gasteiger partial charge in [0.1, 0.15) is 6.04 Å². The van der Waals surface area contributed by atoms with Crippen molar-refractivity contribution in [2.45, 2.75) is 13.0 Å². The fraction of sp³-hybridized carbons (Fsp3) is 0.333. The van der Waals surface area contributed by atoms with E-state index in [0.29, 0.717) is 18.9 Å². The molecule has 9 heteroatoms. The zero-order valence-corrected chi connectivity index (χ0v) is 18.6. The maximum Gasteiger partial charge on any atom is 0.262 e. The van der Waals surface area contributed by atoms with Crippen molar-refractivity contribution in [3.63, 3.8) is 0 Å². The third-order valence-electron chi connectivity index (χ3n) is 5.85. The third-order valence-corrected chi connectivity index (χ3v) is 5.85. The van der Waals surface area contributed by atoms with Crippen molar-refractivity contribution in [1.29, 1.82) is 0 Å². The van der Waals surface area contributed by atoms with E-state index in [-0.39, 0.29) is 23.6 Å². The van der Waals surface area contributed by atoms with Gasteiger partial charge in [0.05, 0.1) is 30.9 Å². The molecule has 0 aliphatic carbocycles. The number of amides is 4. The highest BCUT2D eigenvalue weighted by Crippen LogP contribution is 2.25. The molecule has 9 nitrogen and oxygen atoms in total. The van der Waals surface area contributed by atoms with Gasteiger partial charge in [0.25, 0.3) is 11.8 Å². The van der Waals surface area contributed by atoms with Gasteiger partial charge < -0.3 is 19.9 Å². The van der Waals surface area contributed by atoms with Crippen LogP contribution in [0.1, 0.15) is 27.6 Å². The van der Waals surface area contributed by atoms with Crippen LogP contribution >= 0.6 is 0 Å². The van der Waals surface area contributed by atoms with Gasteiger partial charge in [0.2, 0.25) is 11.8 Å². The fourth-order valence-electron chi connectivity index (χ4n) is 4.06. The summed E-state index contributed by atoms with van der Waals surface area (Å²) in [5, 5.41) is 2.77. The second-order valence-corrected chi connectivity index (χ2v) is 8.09. The highest BCUT2D eigenvalue weighted by molar-refractivity contribution is 6.22. The van der Waals surface area contributed by atoms with Gasteiger partial charge in [-0.3, -0.25) is 24.1 Å². The first-order chi connectivity index (χ1) is 15.9. The maximum atomic E-state index is 12.9. The molecule has 2 heterocycles. The summed E-state index contributed by atoms with van der Waals surface area (Å²) in [6, 6.07) is 12.9. The molecule has 0 saturated carbocycles. The first kappa shape index (κ1) is 22.5. The minimum atomic E-state index is -1.02. The Labute approximate surface area is 191 Å². The summed E-state index contributed by atoms with van der Waals surface area (Å²) in [6.07, 6.45) is 0. The lowest BCUT2D eigenvalue weighted by atomic mass is 10.1. The van der Waals surface area contributed by atoms with Crippen molar-refractivity contribution in [2.24, 2.45) is 0 Å². The Balaban J connectivity index is 1.33. The number of nitrogens with one attached hydrogen (secondary N) is 1. The smallest absolute Gasteiger partial charge is 0.262 e. The molecule has 1 unspecified atom stereocenters. The molecule has 2 aliphatic rings. The average Bonchev–Trinajstić information content (AvgIpc) is 3.09. The lowest BCUT2D eigenvalue weighted by molar-refractivity contribution is -0.136. The second kappa shape index (κ2) is 9.41.